The lowest BCUT2D eigenvalue weighted by Crippen LogP contribution is -2.19. The highest BCUT2D eigenvalue weighted by atomic mass is 16.5. The van der Waals surface area contributed by atoms with Gasteiger partial charge in [0.15, 0.2) is 0 Å². The average molecular weight is 205 g/mol. The van der Waals surface area contributed by atoms with E-state index in [1.165, 1.54) is 19.3 Å². The lowest BCUT2D eigenvalue weighted by Gasteiger charge is -2.25. The van der Waals surface area contributed by atoms with Crippen molar-refractivity contribution in [3.63, 3.8) is 0 Å². The zero-order valence-electron chi connectivity index (χ0n) is 8.61. The van der Waals surface area contributed by atoms with Crippen molar-refractivity contribution in [3.05, 3.63) is 24.3 Å². The van der Waals surface area contributed by atoms with Gasteiger partial charge in [0.05, 0.1) is 6.61 Å². The number of nitrogens with one attached hydrogen (secondary N) is 1. The number of benzene rings is 1. The Kier molecular flexibility index (Phi) is 3.22. The van der Waals surface area contributed by atoms with Gasteiger partial charge in [0.25, 0.3) is 0 Å². The van der Waals surface area contributed by atoms with Crippen LogP contribution in [-0.4, -0.2) is 13.0 Å². The Labute approximate surface area is 89.4 Å². The van der Waals surface area contributed by atoms with E-state index in [0.717, 1.165) is 24.0 Å². The number of hydrogen-bond acceptors (Lipinski definition) is 2. The first kappa shape index (κ1) is 10.0. The third kappa shape index (κ3) is 2.72. The predicted molar refractivity (Wildman–Crippen MR) is 59.0 cm³/mol. The van der Waals surface area contributed by atoms with E-state index in [2.05, 4.69) is 5.32 Å². The van der Waals surface area contributed by atoms with Crippen LogP contribution in [0.2, 0.25) is 0 Å². The first-order valence-electron chi connectivity index (χ1n) is 5.31. The third-order valence-corrected chi connectivity index (χ3v) is 2.79. The molecule has 0 bridgehead atoms. The molecule has 0 heterocycles. The summed E-state index contributed by atoms with van der Waals surface area (Å²) in [5.74, 6) is 1.62. The topological polar surface area (TPSA) is 38.3 Å². The van der Waals surface area contributed by atoms with E-state index in [9.17, 15) is 4.79 Å². The van der Waals surface area contributed by atoms with Crippen LogP contribution < -0.4 is 10.1 Å². The number of carbonyl (C=O) groups excluding carboxylic acids is 1. The van der Waals surface area contributed by atoms with E-state index in [1.54, 1.807) is 0 Å². The van der Waals surface area contributed by atoms with Crippen LogP contribution in [0.15, 0.2) is 24.3 Å². The molecule has 1 aliphatic rings. The van der Waals surface area contributed by atoms with E-state index >= 15 is 0 Å². The average Bonchev–Trinajstić information content (AvgIpc) is 2.19. The SMILES string of the molecule is O=CNc1ccc(OCC2CCC2)cc1. The van der Waals surface area contributed by atoms with Gasteiger partial charge in [-0.25, -0.2) is 0 Å². The fourth-order valence-electron chi connectivity index (χ4n) is 1.59. The zero-order chi connectivity index (χ0) is 10.5. The maximum absolute atomic E-state index is 10.2. The van der Waals surface area contributed by atoms with Gasteiger partial charge in [-0.15, -0.1) is 0 Å². The molecule has 2 rings (SSSR count). The largest absolute Gasteiger partial charge is 0.493 e. The summed E-state index contributed by atoms with van der Waals surface area (Å²) in [5.41, 5.74) is 0.793. The van der Waals surface area contributed by atoms with Gasteiger partial charge < -0.3 is 10.1 Å². The monoisotopic (exact) mass is 205 g/mol. The van der Waals surface area contributed by atoms with E-state index in [0.29, 0.717) is 6.41 Å². The lowest BCUT2D eigenvalue weighted by atomic mass is 9.86. The normalized spacial score (nSPS) is 15.5. The van der Waals surface area contributed by atoms with Crippen molar-refractivity contribution < 1.29 is 9.53 Å². The molecule has 0 aliphatic heterocycles. The second-order valence-corrected chi connectivity index (χ2v) is 3.89. The molecule has 1 N–H and O–H groups in total. The molecule has 1 aromatic carbocycles. The number of hydrogen-bond donors (Lipinski definition) is 1. The fourth-order valence-corrected chi connectivity index (χ4v) is 1.59. The zero-order valence-corrected chi connectivity index (χ0v) is 8.61. The van der Waals surface area contributed by atoms with Gasteiger partial charge in [-0.2, -0.15) is 0 Å². The molecular weight excluding hydrogens is 190 g/mol. The molecule has 1 aliphatic carbocycles. The van der Waals surface area contributed by atoms with Crippen LogP contribution >= 0.6 is 0 Å². The maximum Gasteiger partial charge on any atom is 0.211 e. The van der Waals surface area contributed by atoms with Gasteiger partial charge in [0.1, 0.15) is 5.75 Å². The molecular formula is C12H15NO2. The van der Waals surface area contributed by atoms with E-state index in [4.69, 9.17) is 4.74 Å². The molecule has 0 radical (unpaired) electrons. The van der Waals surface area contributed by atoms with Crippen molar-refractivity contribution in [3.8, 4) is 5.75 Å². The minimum Gasteiger partial charge on any atom is -0.493 e. The van der Waals surface area contributed by atoms with Crippen LogP contribution in [0.3, 0.4) is 0 Å². The first-order valence-corrected chi connectivity index (χ1v) is 5.31. The molecule has 0 atom stereocenters. The van der Waals surface area contributed by atoms with Gasteiger partial charge in [-0.1, -0.05) is 6.42 Å². The molecule has 3 nitrogen and oxygen atoms in total. The predicted octanol–water partition coefficient (Wildman–Crippen LogP) is 2.43. The first-order chi connectivity index (χ1) is 7.38. The van der Waals surface area contributed by atoms with Crippen molar-refractivity contribution in [2.24, 2.45) is 5.92 Å². The van der Waals surface area contributed by atoms with Crippen molar-refractivity contribution in [1.82, 2.24) is 0 Å². The smallest absolute Gasteiger partial charge is 0.211 e. The number of anilines is 1. The van der Waals surface area contributed by atoms with E-state index < -0.39 is 0 Å². The summed E-state index contributed by atoms with van der Waals surface area (Å²) in [6.07, 6.45) is 4.61. The number of rotatable bonds is 5. The molecule has 1 aromatic rings. The van der Waals surface area contributed by atoms with Gasteiger partial charge in [-0.05, 0) is 43.0 Å². The fraction of sp³-hybridized carbons (Fsp3) is 0.417. The summed E-state index contributed by atoms with van der Waals surface area (Å²) in [5, 5.41) is 2.59. The minimum atomic E-state index is 0.671. The van der Waals surface area contributed by atoms with Gasteiger partial charge in [0, 0.05) is 5.69 Å². The molecule has 0 spiro atoms. The summed E-state index contributed by atoms with van der Waals surface area (Å²) in [6, 6.07) is 7.43. The summed E-state index contributed by atoms with van der Waals surface area (Å²) in [7, 11) is 0. The Balaban J connectivity index is 1.83. The van der Waals surface area contributed by atoms with Crippen LogP contribution in [0, 0.1) is 5.92 Å². The van der Waals surface area contributed by atoms with Gasteiger partial charge >= 0.3 is 0 Å². The van der Waals surface area contributed by atoms with E-state index in [1.807, 2.05) is 24.3 Å². The molecule has 0 saturated heterocycles. The molecule has 1 fully saturated rings. The minimum absolute atomic E-state index is 0.671. The summed E-state index contributed by atoms with van der Waals surface area (Å²) in [6.45, 7) is 0.820. The molecule has 0 unspecified atom stereocenters. The van der Waals surface area contributed by atoms with Crippen LogP contribution in [0.5, 0.6) is 5.75 Å². The second-order valence-electron chi connectivity index (χ2n) is 3.89. The number of ether oxygens (including phenoxy) is 1. The summed E-state index contributed by atoms with van der Waals surface area (Å²) < 4.78 is 5.63. The summed E-state index contributed by atoms with van der Waals surface area (Å²) >= 11 is 0. The lowest BCUT2D eigenvalue weighted by molar-refractivity contribution is -0.105. The Hall–Kier alpha value is -1.51. The van der Waals surface area contributed by atoms with Crippen molar-refractivity contribution in [1.29, 1.82) is 0 Å². The molecule has 3 heteroatoms. The van der Waals surface area contributed by atoms with Crippen molar-refractivity contribution >= 4 is 12.1 Å². The van der Waals surface area contributed by atoms with Gasteiger partial charge in [0.2, 0.25) is 6.41 Å². The third-order valence-electron chi connectivity index (χ3n) is 2.79. The second kappa shape index (κ2) is 4.82. The van der Waals surface area contributed by atoms with E-state index in [-0.39, 0.29) is 0 Å². The molecule has 0 aromatic heterocycles. The van der Waals surface area contributed by atoms with Crippen LogP contribution in [0.4, 0.5) is 5.69 Å². The summed E-state index contributed by atoms with van der Waals surface area (Å²) in [4.78, 5) is 10.2. The van der Waals surface area contributed by atoms with Gasteiger partial charge in [-0.3, -0.25) is 4.79 Å². The Morgan fingerprint density at radius 1 is 1.33 bits per heavy atom. The molecule has 1 amide bonds. The Bertz CT molecular complexity index is 317. The highest BCUT2D eigenvalue weighted by Crippen LogP contribution is 2.27. The molecule has 1 saturated carbocycles. The van der Waals surface area contributed by atoms with Crippen LogP contribution in [-0.2, 0) is 4.79 Å². The highest BCUT2D eigenvalue weighted by Gasteiger charge is 2.17. The maximum atomic E-state index is 10.2. The molecule has 15 heavy (non-hydrogen) atoms. The quantitative estimate of drug-likeness (QED) is 0.750. The van der Waals surface area contributed by atoms with Crippen molar-refractivity contribution in [2.45, 2.75) is 19.3 Å². The van der Waals surface area contributed by atoms with Crippen LogP contribution in [0.1, 0.15) is 19.3 Å². The Morgan fingerprint density at radius 3 is 2.60 bits per heavy atom. The Morgan fingerprint density at radius 2 is 2.07 bits per heavy atom. The van der Waals surface area contributed by atoms with Crippen molar-refractivity contribution in [2.75, 3.05) is 11.9 Å². The number of amides is 1. The van der Waals surface area contributed by atoms with Crippen LogP contribution in [0.25, 0.3) is 0 Å². The standard InChI is InChI=1S/C12H15NO2/c14-9-13-11-4-6-12(7-5-11)15-8-10-2-1-3-10/h4-7,9-10H,1-3,8H2,(H,13,14). The highest BCUT2D eigenvalue weighted by molar-refractivity contribution is 5.71. The molecule has 80 valence electrons. The number of carbonyl (C=O) groups is 1.